The van der Waals surface area contributed by atoms with Crippen molar-refractivity contribution in [1.29, 1.82) is 0 Å². The predicted molar refractivity (Wildman–Crippen MR) is 98.0 cm³/mol. The summed E-state index contributed by atoms with van der Waals surface area (Å²) < 4.78 is 13.0. The molecule has 2 aromatic carbocycles. The minimum absolute atomic E-state index is 0.241. The van der Waals surface area contributed by atoms with Crippen LogP contribution in [0.2, 0.25) is 0 Å². The van der Waals surface area contributed by atoms with Crippen molar-refractivity contribution in [2.45, 2.75) is 25.4 Å². The molecule has 0 bridgehead atoms. The number of fused-ring (bicyclic) bond motifs is 2. The molecule has 132 valence electrons. The number of oxazole rings is 2. The third kappa shape index (κ3) is 2.63. The first-order valence-corrected chi connectivity index (χ1v) is 8.94. The van der Waals surface area contributed by atoms with E-state index in [0.717, 1.165) is 48.4 Å². The number of para-hydroxylation sites is 4. The fraction of sp³-hybridized carbons (Fsp3) is 0.300. The molecule has 2 aromatic heterocycles. The van der Waals surface area contributed by atoms with E-state index in [1.54, 1.807) is 4.57 Å². The van der Waals surface area contributed by atoms with Gasteiger partial charge in [-0.15, -0.1) is 0 Å². The molecule has 6 nitrogen and oxygen atoms in total. The van der Waals surface area contributed by atoms with E-state index in [1.807, 2.05) is 48.5 Å². The number of rotatable bonds is 3. The average molecular weight is 349 g/mol. The number of aromatic nitrogens is 2. The Morgan fingerprint density at radius 1 is 1.04 bits per heavy atom. The predicted octanol–water partition coefficient (Wildman–Crippen LogP) is 3.57. The van der Waals surface area contributed by atoms with Crippen LogP contribution in [0.5, 0.6) is 0 Å². The van der Waals surface area contributed by atoms with E-state index in [2.05, 4.69) is 9.88 Å². The van der Waals surface area contributed by atoms with Crippen LogP contribution in [-0.4, -0.2) is 27.5 Å². The molecule has 0 spiro atoms. The van der Waals surface area contributed by atoms with Crippen molar-refractivity contribution in [3.8, 4) is 0 Å². The summed E-state index contributed by atoms with van der Waals surface area (Å²) in [6, 6.07) is 15.4. The zero-order valence-electron chi connectivity index (χ0n) is 14.3. The maximum Gasteiger partial charge on any atom is 0.421 e. The molecule has 0 N–H and O–H groups in total. The highest BCUT2D eigenvalue weighted by molar-refractivity contribution is 5.73. The average Bonchev–Trinajstić information content (AvgIpc) is 3.24. The summed E-state index contributed by atoms with van der Waals surface area (Å²) in [5.74, 6) is 0.723. The number of benzene rings is 2. The van der Waals surface area contributed by atoms with Crippen LogP contribution < -0.4 is 5.76 Å². The largest absolute Gasteiger partial charge is 0.440 e. The zero-order chi connectivity index (χ0) is 17.5. The molecule has 1 fully saturated rings. The fourth-order valence-electron chi connectivity index (χ4n) is 3.80. The SMILES string of the molecule is O=c1oc2ccccc2n1CN1CCC[C@H](c2nc3ccccc3o2)C1. The lowest BCUT2D eigenvalue weighted by molar-refractivity contribution is 0.153. The Morgan fingerprint density at radius 3 is 2.73 bits per heavy atom. The van der Waals surface area contributed by atoms with Gasteiger partial charge in [0.15, 0.2) is 17.1 Å². The Labute approximate surface area is 149 Å². The van der Waals surface area contributed by atoms with E-state index in [0.29, 0.717) is 12.3 Å². The van der Waals surface area contributed by atoms with E-state index < -0.39 is 0 Å². The first-order valence-electron chi connectivity index (χ1n) is 8.94. The van der Waals surface area contributed by atoms with Crippen LogP contribution in [0.4, 0.5) is 0 Å². The van der Waals surface area contributed by atoms with Gasteiger partial charge < -0.3 is 8.83 Å². The molecule has 0 amide bonds. The Kier molecular flexibility index (Phi) is 3.64. The number of hydrogen-bond donors (Lipinski definition) is 0. The molecule has 1 saturated heterocycles. The van der Waals surface area contributed by atoms with Crippen LogP contribution in [0.15, 0.2) is 62.2 Å². The second-order valence-corrected chi connectivity index (χ2v) is 6.84. The fourth-order valence-corrected chi connectivity index (χ4v) is 3.80. The van der Waals surface area contributed by atoms with Crippen molar-refractivity contribution in [3.05, 3.63) is 65.0 Å². The van der Waals surface area contributed by atoms with Crippen LogP contribution in [0.25, 0.3) is 22.2 Å². The van der Waals surface area contributed by atoms with Crippen LogP contribution >= 0.6 is 0 Å². The monoisotopic (exact) mass is 349 g/mol. The number of hydrogen-bond acceptors (Lipinski definition) is 5. The maximum atomic E-state index is 12.2. The molecule has 0 unspecified atom stereocenters. The second-order valence-electron chi connectivity index (χ2n) is 6.84. The highest BCUT2D eigenvalue weighted by Gasteiger charge is 2.26. The van der Waals surface area contributed by atoms with Gasteiger partial charge in [-0.1, -0.05) is 24.3 Å². The van der Waals surface area contributed by atoms with Crippen molar-refractivity contribution in [2.75, 3.05) is 13.1 Å². The molecule has 1 atom stereocenters. The smallest absolute Gasteiger partial charge is 0.421 e. The normalized spacial score (nSPS) is 18.7. The summed E-state index contributed by atoms with van der Waals surface area (Å²) in [5.41, 5.74) is 3.19. The maximum absolute atomic E-state index is 12.2. The topological polar surface area (TPSA) is 64.4 Å². The van der Waals surface area contributed by atoms with E-state index in [1.165, 1.54) is 0 Å². The summed E-state index contributed by atoms with van der Waals surface area (Å²) >= 11 is 0. The van der Waals surface area contributed by atoms with Gasteiger partial charge in [-0.25, -0.2) is 9.78 Å². The quantitative estimate of drug-likeness (QED) is 0.566. The van der Waals surface area contributed by atoms with Crippen LogP contribution in [0.3, 0.4) is 0 Å². The minimum Gasteiger partial charge on any atom is -0.440 e. The van der Waals surface area contributed by atoms with Gasteiger partial charge in [-0.3, -0.25) is 9.47 Å². The van der Waals surface area contributed by atoms with E-state index in [9.17, 15) is 4.79 Å². The molecule has 3 heterocycles. The lowest BCUT2D eigenvalue weighted by Crippen LogP contribution is -2.37. The van der Waals surface area contributed by atoms with Gasteiger partial charge >= 0.3 is 5.76 Å². The summed E-state index contributed by atoms with van der Waals surface area (Å²) in [7, 11) is 0. The highest BCUT2D eigenvalue weighted by atomic mass is 16.4. The molecule has 0 saturated carbocycles. The molecule has 1 aliphatic heterocycles. The summed E-state index contributed by atoms with van der Waals surface area (Å²) in [6.07, 6.45) is 2.10. The Bertz CT molecular complexity index is 1090. The third-order valence-electron chi connectivity index (χ3n) is 5.08. The van der Waals surface area contributed by atoms with Gasteiger partial charge in [0, 0.05) is 12.5 Å². The van der Waals surface area contributed by atoms with Gasteiger partial charge in [0.1, 0.15) is 5.52 Å². The second kappa shape index (κ2) is 6.14. The van der Waals surface area contributed by atoms with Crippen molar-refractivity contribution in [2.24, 2.45) is 0 Å². The molecule has 0 aliphatic carbocycles. The number of nitrogens with zero attached hydrogens (tertiary/aromatic N) is 3. The summed E-state index contributed by atoms with van der Waals surface area (Å²) in [4.78, 5) is 19.1. The molecular weight excluding hydrogens is 330 g/mol. The van der Waals surface area contributed by atoms with E-state index in [-0.39, 0.29) is 11.7 Å². The molecule has 1 aliphatic rings. The number of piperidine rings is 1. The van der Waals surface area contributed by atoms with Crippen LogP contribution in [0, 0.1) is 0 Å². The van der Waals surface area contributed by atoms with Gasteiger partial charge in [0.25, 0.3) is 0 Å². The molecule has 4 aromatic rings. The van der Waals surface area contributed by atoms with Crippen molar-refractivity contribution in [1.82, 2.24) is 14.5 Å². The Morgan fingerprint density at radius 2 is 1.85 bits per heavy atom. The Balaban J connectivity index is 1.40. The van der Waals surface area contributed by atoms with E-state index in [4.69, 9.17) is 8.83 Å². The standard InChI is InChI=1S/C20H19N3O3/c24-20-23(16-8-2-4-10-18(16)26-20)13-22-11-5-6-14(12-22)19-21-15-7-1-3-9-17(15)25-19/h1-4,7-10,14H,5-6,11-13H2/t14-/m0/s1. The molecular formula is C20H19N3O3. The van der Waals surface area contributed by atoms with Crippen molar-refractivity contribution >= 4 is 22.2 Å². The number of likely N-dealkylation sites (tertiary alicyclic amines) is 1. The van der Waals surface area contributed by atoms with Gasteiger partial charge in [-0.05, 0) is 43.7 Å². The van der Waals surface area contributed by atoms with Gasteiger partial charge in [0.05, 0.1) is 12.2 Å². The molecule has 5 rings (SSSR count). The molecule has 0 radical (unpaired) electrons. The summed E-state index contributed by atoms with van der Waals surface area (Å²) in [5, 5.41) is 0. The van der Waals surface area contributed by atoms with Gasteiger partial charge in [0.2, 0.25) is 0 Å². The van der Waals surface area contributed by atoms with Crippen molar-refractivity contribution < 1.29 is 8.83 Å². The summed E-state index contributed by atoms with van der Waals surface area (Å²) in [6.45, 7) is 2.29. The first-order chi connectivity index (χ1) is 12.8. The van der Waals surface area contributed by atoms with Gasteiger partial charge in [-0.2, -0.15) is 0 Å². The van der Waals surface area contributed by atoms with Crippen molar-refractivity contribution in [3.63, 3.8) is 0 Å². The highest BCUT2D eigenvalue weighted by Crippen LogP contribution is 2.29. The Hall–Kier alpha value is -2.86. The van der Waals surface area contributed by atoms with Crippen LogP contribution in [0.1, 0.15) is 24.7 Å². The molecule has 26 heavy (non-hydrogen) atoms. The zero-order valence-corrected chi connectivity index (χ0v) is 14.3. The minimum atomic E-state index is -0.310. The first kappa shape index (κ1) is 15.4. The molecule has 6 heteroatoms. The van der Waals surface area contributed by atoms with E-state index >= 15 is 0 Å². The van der Waals surface area contributed by atoms with Crippen LogP contribution in [-0.2, 0) is 6.67 Å². The lowest BCUT2D eigenvalue weighted by atomic mass is 9.98. The third-order valence-corrected chi connectivity index (χ3v) is 5.08. The lowest BCUT2D eigenvalue weighted by Gasteiger charge is -2.31.